The van der Waals surface area contributed by atoms with Crippen molar-refractivity contribution >= 4 is 17.5 Å². The van der Waals surface area contributed by atoms with E-state index in [0.717, 1.165) is 0 Å². The molecule has 0 unspecified atom stereocenters. The number of hydrogen-bond acceptors (Lipinski definition) is 5. The highest BCUT2D eigenvalue weighted by Gasteiger charge is 2.45. The summed E-state index contributed by atoms with van der Waals surface area (Å²) in [5.74, 6) is -1.46. The molecule has 0 aliphatic carbocycles. The highest BCUT2D eigenvalue weighted by atomic mass is 19.1. The number of hydrogen-bond donors (Lipinski definition) is 2. The zero-order valence-electron chi connectivity index (χ0n) is 15.8. The molecule has 2 aromatic rings. The van der Waals surface area contributed by atoms with Crippen molar-refractivity contribution in [3.05, 3.63) is 53.6 Å². The fraction of sp³-hybridized carbons (Fsp3) is 0.350. The molecule has 1 aromatic heterocycles. The summed E-state index contributed by atoms with van der Waals surface area (Å²) in [6.07, 6.45) is 0.389. The van der Waals surface area contributed by atoms with Gasteiger partial charge in [-0.15, -0.1) is 0 Å². The van der Waals surface area contributed by atoms with Crippen LogP contribution in [0.3, 0.4) is 0 Å². The lowest BCUT2D eigenvalue weighted by atomic mass is 9.82. The van der Waals surface area contributed by atoms with Crippen molar-refractivity contribution in [2.75, 3.05) is 12.4 Å². The van der Waals surface area contributed by atoms with E-state index in [1.807, 2.05) is 13.8 Å². The average Bonchev–Trinajstić information content (AvgIpc) is 2.97. The van der Waals surface area contributed by atoms with Gasteiger partial charge in [0.25, 0.3) is 11.8 Å². The second-order valence-corrected chi connectivity index (χ2v) is 6.82. The van der Waals surface area contributed by atoms with Gasteiger partial charge in [0.2, 0.25) is 0 Å². The Kier molecular flexibility index (Phi) is 5.60. The molecule has 0 spiro atoms. The molecular formula is C20H22FN3O4. The molecule has 1 saturated heterocycles. The zero-order chi connectivity index (χ0) is 20.4. The third kappa shape index (κ3) is 3.82. The quantitative estimate of drug-likeness (QED) is 0.820. The normalized spacial score (nSPS) is 24.0. The van der Waals surface area contributed by atoms with Crippen LogP contribution in [-0.4, -0.2) is 36.1 Å². The number of pyridine rings is 1. The topological polar surface area (TPSA) is 104 Å². The number of ether oxygens (including phenoxy) is 2. The van der Waals surface area contributed by atoms with Gasteiger partial charge in [-0.2, -0.15) is 0 Å². The Hall–Kier alpha value is -3.00. The first kappa shape index (κ1) is 19.8. The molecule has 2 heterocycles. The molecule has 7 nitrogen and oxygen atoms in total. The molecule has 3 N–H and O–H groups in total. The third-order valence-corrected chi connectivity index (χ3v) is 5.09. The summed E-state index contributed by atoms with van der Waals surface area (Å²) in [6, 6.07) is 7.20. The number of benzene rings is 1. The number of primary amides is 1. The van der Waals surface area contributed by atoms with E-state index in [-0.39, 0.29) is 29.5 Å². The number of halogens is 1. The average molecular weight is 387 g/mol. The van der Waals surface area contributed by atoms with Gasteiger partial charge < -0.3 is 20.5 Å². The molecule has 1 fully saturated rings. The summed E-state index contributed by atoms with van der Waals surface area (Å²) in [7, 11) is 1.46. The van der Waals surface area contributed by atoms with Gasteiger partial charge in [0, 0.05) is 29.4 Å². The van der Waals surface area contributed by atoms with E-state index in [0.29, 0.717) is 17.0 Å². The molecule has 148 valence electrons. The number of rotatable bonds is 5. The predicted octanol–water partition coefficient (Wildman–Crippen LogP) is 2.47. The van der Waals surface area contributed by atoms with Crippen LogP contribution in [0, 0.1) is 11.7 Å². The molecule has 1 aliphatic heterocycles. The molecule has 28 heavy (non-hydrogen) atoms. The zero-order valence-corrected chi connectivity index (χ0v) is 15.8. The Morgan fingerprint density at radius 3 is 2.68 bits per heavy atom. The van der Waals surface area contributed by atoms with Gasteiger partial charge in [0.05, 0.1) is 13.2 Å². The minimum Gasteiger partial charge on any atom is -0.496 e. The van der Waals surface area contributed by atoms with Crippen LogP contribution in [-0.2, 0) is 9.53 Å². The van der Waals surface area contributed by atoms with Gasteiger partial charge in [0.15, 0.2) is 0 Å². The number of nitrogens with one attached hydrogen (secondary N) is 1. The van der Waals surface area contributed by atoms with E-state index < -0.39 is 17.8 Å². The number of aromatic nitrogens is 1. The van der Waals surface area contributed by atoms with Crippen molar-refractivity contribution in [3.63, 3.8) is 0 Å². The number of carbonyl (C=O) groups excluding carboxylic acids is 2. The Bertz CT molecular complexity index is 905. The fourth-order valence-electron chi connectivity index (χ4n) is 3.50. The summed E-state index contributed by atoms with van der Waals surface area (Å²) in [6.45, 7) is 3.86. The Morgan fingerprint density at radius 2 is 2.00 bits per heavy atom. The number of carbonyl (C=O) groups is 2. The smallest absolute Gasteiger partial charge is 0.267 e. The van der Waals surface area contributed by atoms with Crippen LogP contribution in [0.15, 0.2) is 36.5 Å². The van der Waals surface area contributed by atoms with Gasteiger partial charge in [0.1, 0.15) is 23.4 Å². The third-order valence-electron chi connectivity index (χ3n) is 5.09. The molecule has 0 radical (unpaired) electrons. The van der Waals surface area contributed by atoms with Crippen LogP contribution in [0.5, 0.6) is 5.75 Å². The summed E-state index contributed by atoms with van der Waals surface area (Å²) < 4.78 is 24.8. The maximum atomic E-state index is 13.6. The van der Waals surface area contributed by atoms with E-state index in [4.69, 9.17) is 15.2 Å². The lowest BCUT2D eigenvalue weighted by Gasteiger charge is -2.23. The minimum absolute atomic E-state index is 0.00580. The van der Waals surface area contributed by atoms with E-state index in [2.05, 4.69) is 10.3 Å². The van der Waals surface area contributed by atoms with Crippen LogP contribution >= 0.6 is 0 Å². The second kappa shape index (κ2) is 7.93. The molecule has 0 saturated carbocycles. The molecule has 8 heteroatoms. The Labute approximate surface area is 162 Å². The summed E-state index contributed by atoms with van der Waals surface area (Å²) >= 11 is 0. The maximum absolute atomic E-state index is 13.6. The first-order valence-corrected chi connectivity index (χ1v) is 8.87. The standard InChI is InChI=1S/C20H22FN3O4/c1-10-11(2)28-18(17(10)14-5-4-12(21)8-16(14)27-3)20(26)24-13-6-7-23-15(9-13)19(22)25/h4-11,17-18H,1-3H3,(H2,22,25)(H,23,24,26)/t10-,11+,17+,18+/m0/s1. The van der Waals surface area contributed by atoms with E-state index in [9.17, 15) is 14.0 Å². The van der Waals surface area contributed by atoms with Gasteiger partial charge >= 0.3 is 0 Å². The number of nitrogens with zero attached hydrogens (tertiary/aromatic N) is 1. The van der Waals surface area contributed by atoms with E-state index in [1.165, 1.54) is 31.5 Å². The van der Waals surface area contributed by atoms with E-state index in [1.54, 1.807) is 12.1 Å². The van der Waals surface area contributed by atoms with Crippen molar-refractivity contribution in [2.24, 2.45) is 11.7 Å². The minimum atomic E-state index is -0.811. The molecule has 2 amide bonds. The predicted molar refractivity (Wildman–Crippen MR) is 101 cm³/mol. The first-order chi connectivity index (χ1) is 13.3. The Morgan fingerprint density at radius 1 is 1.25 bits per heavy atom. The Balaban J connectivity index is 1.90. The monoisotopic (exact) mass is 387 g/mol. The van der Waals surface area contributed by atoms with Crippen LogP contribution in [0.4, 0.5) is 10.1 Å². The van der Waals surface area contributed by atoms with Crippen molar-refractivity contribution < 1.29 is 23.5 Å². The molecule has 4 atom stereocenters. The number of methoxy groups -OCH3 is 1. The lowest BCUT2D eigenvalue weighted by molar-refractivity contribution is -0.127. The van der Waals surface area contributed by atoms with Gasteiger partial charge in [-0.05, 0) is 31.0 Å². The van der Waals surface area contributed by atoms with Gasteiger partial charge in [-0.25, -0.2) is 4.39 Å². The maximum Gasteiger partial charge on any atom is 0.267 e. The van der Waals surface area contributed by atoms with Crippen molar-refractivity contribution in [2.45, 2.75) is 32.0 Å². The van der Waals surface area contributed by atoms with Crippen LogP contribution in [0.2, 0.25) is 0 Å². The van der Waals surface area contributed by atoms with Crippen molar-refractivity contribution in [1.29, 1.82) is 0 Å². The summed E-state index contributed by atoms with van der Waals surface area (Å²) in [5.41, 5.74) is 6.36. The molecule has 1 aromatic carbocycles. The lowest BCUT2D eigenvalue weighted by Crippen LogP contribution is -2.32. The molecule has 0 bridgehead atoms. The number of amides is 2. The number of anilines is 1. The SMILES string of the molecule is COc1cc(F)ccc1[C@H]1[C@@H](C)[C@@H](C)O[C@H]1C(=O)Nc1ccnc(C(N)=O)c1. The van der Waals surface area contributed by atoms with Crippen LogP contribution < -0.4 is 15.8 Å². The van der Waals surface area contributed by atoms with Crippen LogP contribution in [0.25, 0.3) is 0 Å². The molecular weight excluding hydrogens is 365 g/mol. The van der Waals surface area contributed by atoms with Gasteiger partial charge in [-0.3, -0.25) is 14.6 Å². The fourth-order valence-corrected chi connectivity index (χ4v) is 3.50. The highest BCUT2D eigenvalue weighted by molar-refractivity contribution is 5.97. The second-order valence-electron chi connectivity index (χ2n) is 6.82. The molecule has 1 aliphatic rings. The van der Waals surface area contributed by atoms with E-state index >= 15 is 0 Å². The molecule has 3 rings (SSSR count). The van der Waals surface area contributed by atoms with Gasteiger partial charge in [-0.1, -0.05) is 13.0 Å². The largest absolute Gasteiger partial charge is 0.496 e. The summed E-state index contributed by atoms with van der Waals surface area (Å²) in [4.78, 5) is 28.1. The summed E-state index contributed by atoms with van der Waals surface area (Å²) in [5, 5.41) is 2.74. The van der Waals surface area contributed by atoms with Crippen molar-refractivity contribution in [3.8, 4) is 5.75 Å². The highest BCUT2D eigenvalue weighted by Crippen LogP contribution is 2.43. The van der Waals surface area contributed by atoms with Crippen molar-refractivity contribution in [1.82, 2.24) is 4.98 Å². The van der Waals surface area contributed by atoms with Crippen LogP contribution in [0.1, 0.15) is 35.8 Å². The number of nitrogens with two attached hydrogens (primary N) is 1. The first-order valence-electron chi connectivity index (χ1n) is 8.87.